The number of hydrogen-bond acceptors (Lipinski definition) is 5. The molecule has 0 bridgehead atoms. The van der Waals surface area contributed by atoms with Crippen LogP contribution in [0.1, 0.15) is 36.8 Å². The van der Waals surface area contributed by atoms with Gasteiger partial charge in [-0.25, -0.2) is 14.1 Å². The van der Waals surface area contributed by atoms with Gasteiger partial charge in [-0.1, -0.05) is 6.07 Å². The van der Waals surface area contributed by atoms with Crippen LogP contribution in [-0.4, -0.2) is 44.2 Å². The van der Waals surface area contributed by atoms with Gasteiger partial charge in [0.2, 0.25) is 5.82 Å². The summed E-state index contributed by atoms with van der Waals surface area (Å²) in [4.78, 5) is 20.5. The summed E-state index contributed by atoms with van der Waals surface area (Å²) < 4.78 is 15.0. The number of nitrogens with two attached hydrogens (primary N) is 1. The number of hydrogen-bond donors (Lipinski definition) is 1. The quantitative estimate of drug-likeness (QED) is 0.729. The molecule has 0 saturated carbocycles. The largest absolute Gasteiger partial charge is 0.331 e. The van der Waals surface area contributed by atoms with Crippen molar-refractivity contribution in [3.05, 3.63) is 53.4 Å². The van der Waals surface area contributed by atoms with Crippen molar-refractivity contribution in [1.29, 1.82) is 0 Å². The second-order valence-electron chi connectivity index (χ2n) is 7.05. The van der Waals surface area contributed by atoms with E-state index in [-0.39, 0.29) is 29.6 Å². The van der Waals surface area contributed by atoms with E-state index < -0.39 is 0 Å². The first-order valence-electron chi connectivity index (χ1n) is 9.38. The predicted octanol–water partition coefficient (Wildman–Crippen LogP) is 3.48. The van der Waals surface area contributed by atoms with E-state index in [2.05, 4.69) is 10.1 Å². The van der Waals surface area contributed by atoms with E-state index in [9.17, 15) is 9.18 Å². The van der Waals surface area contributed by atoms with Crippen LogP contribution in [-0.2, 0) is 0 Å². The molecule has 8 heteroatoms. The predicted molar refractivity (Wildman–Crippen MR) is 107 cm³/mol. The number of benzene rings is 1. The van der Waals surface area contributed by atoms with Gasteiger partial charge in [-0.15, -0.1) is 16.4 Å². The van der Waals surface area contributed by atoms with Crippen LogP contribution >= 0.6 is 11.3 Å². The second kappa shape index (κ2) is 7.81. The minimum absolute atomic E-state index is 0.00999. The first-order chi connectivity index (χ1) is 13.5. The lowest BCUT2D eigenvalue weighted by Crippen LogP contribution is -2.51. The van der Waals surface area contributed by atoms with Crippen molar-refractivity contribution in [1.82, 2.24) is 19.7 Å². The highest BCUT2D eigenvalue weighted by molar-refractivity contribution is 7.13. The number of halogens is 1. The molecule has 146 valence electrons. The van der Waals surface area contributed by atoms with Crippen LogP contribution < -0.4 is 5.73 Å². The molecule has 3 aromatic rings. The highest BCUT2D eigenvalue weighted by Gasteiger charge is 2.32. The average molecular weight is 399 g/mol. The molecule has 1 aliphatic heterocycles. The number of carbonyl (C=O) groups is 1. The molecular formula is C20H22FN5OS. The topological polar surface area (TPSA) is 77.0 Å². The molecule has 0 radical (unpaired) electrons. The molecule has 2 atom stereocenters. The van der Waals surface area contributed by atoms with Gasteiger partial charge in [0.15, 0.2) is 5.82 Å². The molecule has 1 amide bonds. The third-order valence-corrected chi connectivity index (χ3v) is 5.89. The molecule has 3 heterocycles. The average Bonchev–Trinajstić information content (AvgIpc) is 3.37. The maximum atomic E-state index is 13.4. The second-order valence-corrected chi connectivity index (χ2v) is 7.99. The van der Waals surface area contributed by atoms with E-state index in [0.717, 1.165) is 24.1 Å². The monoisotopic (exact) mass is 399 g/mol. The maximum absolute atomic E-state index is 13.4. The molecule has 6 nitrogen and oxygen atoms in total. The first-order valence-corrected chi connectivity index (χ1v) is 10.3. The molecule has 4 rings (SSSR count). The lowest BCUT2D eigenvalue weighted by atomic mass is 9.97. The molecule has 1 fully saturated rings. The fourth-order valence-electron chi connectivity index (χ4n) is 3.61. The third-order valence-electron chi connectivity index (χ3n) is 5.03. The number of aromatic nitrogens is 3. The van der Waals surface area contributed by atoms with Gasteiger partial charge >= 0.3 is 0 Å². The molecule has 2 N–H and O–H groups in total. The minimum atomic E-state index is -0.328. The summed E-state index contributed by atoms with van der Waals surface area (Å²) in [7, 11) is 0. The maximum Gasteiger partial charge on any atom is 0.293 e. The summed E-state index contributed by atoms with van der Waals surface area (Å²) in [6.07, 6.45) is 2.90. The van der Waals surface area contributed by atoms with Crippen LogP contribution in [0, 0.1) is 5.82 Å². The summed E-state index contributed by atoms with van der Waals surface area (Å²) >= 11 is 1.51. The molecule has 2 unspecified atom stereocenters. The number of carbonyl (C=O) groups excluding carboxylic acids is 1. The lowest BCUT2D eigenvalue weighted by molar-refractivity contribution is 0.0571. The SMILES string of the molecule is CC(N)C1CCCCN1C(=O)c1nc(-c2cccs2)n(-c2ccc(F)cc2)n1. The van der Waals surface area contributed by atoms with Crippen LogP contribution in [0.25, 0.3) is 16.4 Å². The van der Waals surface area contributed by atoms with Gasteiger partial charge in [0, 0.05) is 18.6 Å². The highest BCUT2D eigenvalue weighted by atomic mass is 32.1. The first kappa shape index (κ1) is 18.8. The van der Waals surface area contributed by atoms with Crippen LogP contribution in [0.3, 0.4) is 0 Å². The summed E-state index contributed by atoms with van der Waals surface area (Å²) in [6, 6.07) is 9.71. The number of rotatable bonds is 4. The van der Waals surface area contributed by atoms with Crippen LogP contribution in [0.4, 0.5) is 4.39 Å². The molecule has 0 aliphatic carbocycles. The van der Waals surface area contributed by atoms with Crippen molar-refractivity contribution in [3.63, 3.8) is 0 Å². The van der Waals surface area contributed by atoms with Gasteiger partial charge < -0.3 is 10.6 Å². The Morgan fingerprint density at radius 3 is 2.75 bits per heavy atom. The van der Waals surface area contributed by atoms with Crippen molar-refractivity contribution in [3.8, 4) is 16.4 Å². The van der Waals surface area contributed by atoms with Crippen molar-refractivity contribution < 1.29 is 9.18 Å². The number of amides is 1. The van der Waals surface area contributed by atoms with E-state index in [1.54, 1.807) is 21.7 Å². The normalized spacial score (nSPS) is 18.2. The standard InChI is InChI=1S/C20H22FN5OS/c1-13(22)16-5-2-3-11-25(16)20(27)18-23-19(17-6-4-12-28-17)26(24-18)15-9-7-14(21)8-10-15/h4,6-10,12-13,16H,2-3,5,11,22H2,1H3. The number of nitrogens with zero attached hydrogens (tertiary/aromatic N) is 4. The highest BCUT2D eigenvalue weighted by Crippen LogP contribution is 2.27. The summed E-state index contributed by atoms with van der Waals surface area (Å²) in [5.74, 6) is 0.172. The van der Waals surface area contributed by atoms with Crippen LogP contribution in [0.2, 0.25) is 0 Å². The van der Waals surface area contributed by atoms with Gasteiger partial charge in [-0.05, 0) is 61.9 Å². The Morgan fingerprint density at radius 1 is 1.29 bits per heavy atom. The minimum Gasteiger partial charge on any atom is -0.331 e. The Bertz CT molecular complexity index is 952. The Labute approximate surface area is 166 Å². The molecule has 0 spiro atoms. The van der Waals surface area contributed by atoms with Crippen LogP contribution in [0.15, 0.2) is 41.8 Å². The zero-order chi connectivity index (χ0) is 19.7. The Kier molecular flexibility index (Phi) is 5.23. The third kappa shape index (κ3) is 3.57. The molecular weight excluding hydrogens is 377 g/mol. The Morgan fingerprint density at radius 2 is 2.07 bits per heavy atom. The molecule has 1 saturated heterocycles. The van der Waals surface area contributed by atoms with Gasteiger partial charge in [-0.3, -0.25) is 4.79 Å². The van der Waals surface area contributed by atoms with Crippen molar-refractivity contribution in [2.75, 3.05) is 6.54 Å². The Balaban J connectivity index is 1.75. The zero-order valence-electron chi connectivity index (χ0n) is 15.6. The van der Waals surface area contributed by atoms with E-state index >= 15 is 0 Å². The summed E-state index contributed by atoms with van der Waals surface area (Å²) in [5, 5.41) is 6.43. The van der Waals surface area contributed by atoms with E-state index in [0.29, 0.717) is 18.1 Å². The van der Waals surface area contributed by atoms with Crippen molar-refractivity contribution in [2.45, 2.75) is 38.3 Å². The van der Waals surface area contributed by atoms with E-state index in [4.69, 9.17) is 5.73 Å². The smallest absolute Gasteiger partial charge is 0.293 e. The van der Waals surface area contributed by atoms with Gasteiger partial charge in [0.25, 0.3) is 5.91 Å². The molecule has 28 heavy (non-hydrogen) atoms. The van der Waals surface area contributed by atoms with E-state index in [1.165, 1.54) is 23.5 Å². The Hall–Kier alpha value is -2.58. The molecule has 2 aromatic heterocycles. The summed E-state index contributed by atoms with van der Waals surface area (Å²) in [6.45, 7) is 2.59. The lowest BCUT2D eigenvalue weighted by Gasteiger charge is -2.37. The van der Waals surface area contributed by atoms with Gasteiger partial charge in [-0.2, -0.15) is 0 Å². The van der Waals surface area contributed by atoms with Crippen LogP contribution in [0.5, 0.6) is 0 Å². The molecule has 1 aliphatic rings. The fourth-order valence-corrected chi connectivity index (χ4v) is 4.31. The number of thiophene rings is 1. The molecule has 1 aromatic carbocycles. The van der Waals surface area contributed by atoms with Crippen molar-refractivity contribution >= 4 is 17.2 Å². The fraction of sp³-hybridized carbons (Fsp3) is 0.350. The van der Waals surface area contributed by atoms with Crippen molar-refractivity contribution in [2.24, 2.45) is 5.73 Å². The zero-order valence-corrected chi connectivity index (χ0v) is 16.4. The number of piperidine rings is 1. The van der Waals surface area contributed by atoms with Gasteiger partial charge in [0.1, 0.15) is 5.82 Å². The van der Waals surface area contributed by atoms with E-state index in [1.807, 2.05) is 24.4 Å². The number of likely N-dealkylation sites (tertiary alicyclic amines) is 1. The summed E-state index contributed by atoms with van der Waals surface area (Å²) in [5.41, 5.74) is 6.77. The van der Waals surface area contributed by atoms with Gasteiger partial charge in [0.05, 0.1) is 10.6 Å².